The Morgan fingerprint density at radius 3 is 1.64 bits per heavy atom. The average Bonchev–Trinajstić information content (AvgIpc) is 2.01. The number of rotatable bonds is 0. The average molecular weight is 158 g/mol. The molecule has 0 amide bonds. The Hall–Kier alpha value is -0.0800. The lowest BCUT2D eigenvalue weighted by atomic mass is 10.1. The Bertz CT molecular complexity index is 66.0. The van der Waals surface area contributed by atoms with Crippen LogP contribution in [0.4, 0.5) is 0 Å². The molecule has 0 radical (unpaired) electrons. The molecule has 0 aliphatic carbocycles. The lowest BCUT2D eigenvalue weighted by molar-refractivity contribution is 0.297. The van der Waals surface area contributed by atoms with Crippen LogP contribution in [-0.2, 0) is 0 Å². The van der Waals surface area contributed by atoms with Crippen LogP contribution in [0.1, 0.15) is 32.1 Å². The Kier molecular flexibility index (Phi) is 7.96. The summed E-state index contributed by atoms with van der Waals surface area (Å²) in [7, 11) is 3.73. The molecule has 11 heavy (non-hydrogen) atoms. The standard InChI is InChI=1S/C8H17N.CH5N/c1-9-7-5-3-2-4-6-8-9;1-2/h2-8H2,1H3;2H2,1H3. The maximum absolute atomic E-state index is 4.50. The van der Waals surface area contributed by atoms with Gasteiger partial charge in [0.2, 0.25) is 0 Å². The van der Waals surface area contributed by atoms with E-state index in [1.165, 1.54) is 52.2 Å². The van der Waals surface area contributed by atoms with Gasteiger partial charge in [-0.25, -0.2) is 0 Å². The van der Waals surface area contributed by atoms with Crippen molar-refractivity contribution in [1.82, 2.24) is 4.90 Å². The van der Waals surface area contributed by atoms with E-state index in [0.29, 0.717) is 0 Å². The van der Waals surface area contributed by atoms with Gasteiger partial charge in [0.05, 0.1) is 0 Å². The Morgan fingerprint density at radius 1 is 0.818 bits per heavy atom. The van der Waals surface area contributed by atoms with Crippen LogP contribution < -0.4 is 5.73 Å². The summed E-state index contributed by atoms with van der Waals surface area (Å²) < 4.78 is 0. The fourth-order valence-corrected chi connectivity index (χ4v) is 1.41. The topological polar surface area (TPSA) is 29.3 Å². The minimum atomic E-state index is 1.32. The third-order valence-electron chi connectivity index (χ3n) is 2.08. The van der Waals surface area contributed by atoms with Gasteiger partial charge in [0.15, 0.2) is 0 Å². The molecule has 0 aromatic heterocycles. The second kappa shape index (κ2) is 8.02. The largest absolute Gasteiger partial charge is 0.333 e. The van der Waals surface area contributed by atoms with E-state index in [1.807, 2.05) is 0 Å². The highest BCUT2D eigenvalue weighted by Crippen LogP contribution is 2.08. The lowest BCUT2D eigenvalue weighted by Crippen LogP contribution is -2.22. The number of nitrogens with two attached hydrogens (primary N) is 1. The SMILES string of the molecule is CN.CN1CCCCCCC1. The summed E-state index contributed by atoms with van der Waals surface area (Å²) >= 11 is 0. The smallest absolute Gasteiger partial charge is 0.00218 e. The van der Waals surface area contributed by atoms with Gasteiger partial charge in [-0.2, -0.15) is 0 Å². The fourth-order valence-electron chi connectivity index (χ4n) is 1.41. The van der Waals surface area contributed by atoms with E-state index in [9.17, 15) is 0 Å². The van der Waals surface area contributed by atoms with Crippen molar-refractivity contribution >= 4 is 0 Å². The van der Waals surface area contributed by atoms with Crippen molar-refractivity contribution in [1.29, 1.82) is 0 Å². The quantitative estimate of drug-likeness (QED) is 0.578. The lowest BCUT2D eigenvalue weighted by Gasteiger charge is -2.18. The molecule has 1 heterocycles. The van der Waals surface area contributed by atoms with Gasteiger partial charge in [0, 0.05) is 0 Å². The van der Waals surface area contributed by atoms with E-state index < -0.39 is 0 Å². The molecule has 2 nitrogen and oxygen atoms in total. The molecule has 0 spiro atoms. The molecule has 0 saturated carbocycles. The summed E-state index contributed by atoms with van der Waals surface area (Å²) in [6.45, 7) is 2.64. The molecule has 68 valence electrons. The van der Waals surface area contributed by atoms with E-state index >= 15 is 0 Å². The van der Waals surface area contributed by atoms with E-state index in [0.717, 1.165) is 0 Å². The molecule has 1 saturated heterocycles. The van der Waals surface area contributed by atoms with Crippen molar-refractivity contribution in [3.63, 3.8) is 0 Å². The Balaban J connectivity index is 0.000000461. The number of likely N-dealkylation sites (tertiary alicyclic amines) is 1. The second-order valence-electron chi connectivity index (χ2n) is 3.07. The zero-order valence-electron chi connectivity index (χ0n) is 7.97. The van der Waals surface area contributed by atoms with Gasteiger partial charge < -0.3 is 10.6 Å². The first-order valence-electron chi connectivity index (χ1n) is 4.66. The Morgan fingerprint density at radius 2 is 1.18 bits per heavy atom. The van der Waals surface area contributed by atoms with Crippen LogP contribution in [-0.4, -0.2) is 32.1 Å². The molecule has 0 bridgehead atoms. The van der Waals surface area contributed by atoms with E-state index in [-0.39, 0.29) is 0 Å². The van der Waals surface area contributed by atoms with Gasteiger partial charge >= 0.3 is 0 Å². The van der Waals surface area contributed by atoms with Crippen molar-refractivity contribution in [3.05, 3.63) is 0 Å². The molecule has 1 rings (SSSR count). The second-order valence-corrected chi connectivity index (χ2v) is 3.07. The summed E-state index contributed by atoms with van der Waals surface area (Å²) in [5, 5.41) is 0. The minimum absolute atomic E-state index is 1.32. The molecule has 2 N–H and O–H groups in total. The first kappa shape index (κ1) is 10.9. The van der Waals surface area contributed by atoms with Crippen LogP contribution in [0, 0.1) is 0 Å². The van der Waals surface area contributed by atoms with E-state index in [4.69, 9.17) is 0 Å². The fraction of sp³-hybridized carbons (Fsp3) is 1.00. The number of nitrogens with zero attached hydrogens (tertiary/aromatic N) is 1. The monoisotopic (exact) mass is 158 g/mol. The Labute approximate surface area is 70.8 Å². The van der Waals surface area contributed by atoms with Gasteiger partial charge in [0.1, 0.15) is 0 Å². The maximum atomic E-state index is 4.50. The molecular weight excluding hydrogens is 136 g/mol. The molecule has 2 heteroatoms. The zero-order chi connectivity index (χ0) is 8.53. The van der Waals surface area contributed by atoms with Crippen molar-refractivity contribution in [2.24, 2.45) is 5.73 Å². The molecular formula is C9H22N2. The molecule has 0 atom stereocenters. The highest BCUT2D eigenvalue weighted by atomic mass is 15.1. The van der Waals surface area contributed by atoms with Crippen LogP contribution in [0.15, 0.2) is 0 Å². The molecule has 1 fully saturated rings. The molecule has 0 aromatic rings. The third-order valence-corrected chi connectivity index (χ3v) is 2.08. The van der Waals surface area contributed by atoms with Gasteiger partial charge in [-0.3, -0.25) is 0 Å². The van der Waals surface area contributed by atoms with Crippen LogP contribution in [0.5, 0.6) is 0 Å². The third kappa shape index (κ3) is 6.32. The predicted octanol–water partition coefficient (Wildman–Crippen LogP) is 1.46. The van der Waals surface area contributed by atoms with Crippen LogP contribution in [0.3, 0.4) is 0 Å². The predicted molar refractivity (Wildman–Crippen MR) is 50.7 cm³/mol. The van der Waals surface area contributed by atoms with Crippen molar-refractivity contribution < 1.29 is 0 Å². The van der Waals surface area contributed by atoms with Gasteiger partial charge in [-0.1, -0.05) is 19.3 Å². The van der Waals surface area contributed by atoms with Crippen LogP contribution >= 0.6 is 0 Å². The zero-order valence-corrected chi connectivity index (χ0v) is 7.97. The van der Waals surface area contributed by atoms with Gasteiger partial charge in [0.25, 0.3) is 0 Å². The molecule has 1 aliphatic heterocycles. The van der Waals surface area contributed by atoms with Gasteiger partial charge in [-0.05, 0) is 40.0 Å². The van der Waals surface area contributed by atoms with Crippen LogP contribution in [0.2, 0.25) is 0 Å². The summed E-state index contributed by atoms with van der Waals surface area (Å²) in [6, 6.07) is 0. The molecule has 1 aliphatic rings. The maximum Gasteiger partial charge on any atom is -0.00218 e. The van der Waals surface area contributed by atoms with Crippen molar-refractivity contribution in [2.45, 2.75) is 32.1 Å². The van der Waals surface area contributed by atoms with Gasteiger partial charge in [-0.15, -0.1) is 0 Å². The first-order valence-corrected chi connectivity index (χ1v) is 4.66. The molecule has 0 unspecified atom stereocenters. The highest BCUT2D eigenvalue weighted by molar-refractivity contribution is 4.56. The number of hydrogen-bond donors (Lipinski definition) is 1. The van der Waals surface area contributed by atoms with Crippen molar-refractivity contribution in [2.75, 3.05) is 27.2 Å². The summed E-state index contributed by atoms with van der Waals surface area (Å²) in [5.41, 5.74) is 4.50. The molecule has 0 aromatic carbocycles. The summed E-state index contributed by atoms with van der Waals surface area (Å²) in [6.07, 6.45) is 7.19. The van der Waals surface area contributed by atoms with E-state index in [2.05, 4.69) is 17.7 Å². The van der Waals surface area contributed by atoms with Crippen LogP contribution in [0.25, 0.3) is 0 Å². The summed E-state index contributed by atoms with van der Waals surface area (Å²) in [4.78, 5) is 2.44. The first-order chi connectivity index (χ1) is 5.39. The summed E-state index contributed by atoms with van der Waals surface area (Å²) in [5.74, 6) is 0. The van der Waals surface area contributed by atoms with Crippen molar-refractivity contribution in [3.8, 4) is 0 Å². The normalized spacial score (nSPS) is 21.0. The number of hydrogen-bond acceptors (Lipinski definition) is 2. The van der Waals surface area contributed by atoms with E-state index in [1.54, 1.807) is 0 Å². The highest BCUT2D eigenvalue weighted by Gasteiger charge is 2.01. The minimum Gasteiger partial charge on any atom is -0.333 e.